The molecule has 1 aliphatic carbocycles. The summed E-state index contributed by atoms with van der Waals surface area (Å²) in [6.07, 6.45) is 4.20. The number of amides is 2. The summed E-state index contributed by atoms with van der Waals surface area (Å²) in [5.41, 5.74) is 4.84. The fourth-order valence-electron chi connectivity index (χ4n) is 8.33. The van der Waals surface area contributed by atoms with Gasteiger partial charge in [-0.3, -0.25) is 18.8 Å². The summed E-state index contributed by atoms with van der Waals surface area (Å²) in [5.74, 6) is 0.844. The molecule has 5 aromatic rings. The minimum atomic E-state index is -0.466. The highest BCUT2D eigenvalue weighted by Crippen LogP contribution is 2.47. The van der Waals surface area contributed by atoms with Crippen LogP contribution < -0.4 is 26.6 Å². The number of hydrogen-bond donors (Lipinski definition) is 2. The number of pyridine rings is 2. The van der Waals surface area contributed by atoms with E-state index in [2.05, 4.69) is 26.6 Å². The number of anilines is 2. The zero-order valence-corrected chi connectivity index (χ0v) is 31.9. The van der Waals surface area contributed by atoms with Gasteiger partial charge in [-0.1, -0.05) is 53.5 Å². The lowest BCUT2D eigenvalue weighted by atomic mass is 9.99. The largest absolute Gasteiger partial charge is 0.481 e. The van der Waals surface area contributed by atoms with E-state index < -0.39 is 11.2 Å². The second-order valence-corrected chi connectivity index (χ2v) is 15.0. The molecule has 0 unspecified atom stereocenters. The zero-order valence-electron chi connectivity index (χ0n) is 30.4. The molecule has 5 heterocycles. The van der Waals surface area contributed by atoms with E-state index in [0.29, 0.717) is 63.6 Å². The van der Waals surface area contributed by atoms with E-state index in [0.717, 1.165) is 53.6 Å². The third kappa shape index (κ3) is 5.99. The van der Waals surface area contributed by atoms with Crippen molar-refractivity contribution < 1.29 is 14.3 Å². The lowest BCUT2D eigenvalue weighted by Crippen LogP contribution is -2.46. The summed E-state index contributed by atoms with van der Waals surface area (Å²) in [6, 6.07) is 15.1. The first-order valence-corrected chi connectivity index (χ1v) is 18.6. The Balaban J connectivity index is 1.09. The Hall–Kier alpha value is -4.95. The number of urea groups is 1. The molecule has 3 aromatic heterocycles. The molecule has 280 valence electrons. The Morgan fingerprint density at radius 2 is 1.74 bits per heavy atom. The highest BCUT2D eigenvalue weighted by molar-refractivity contribution is 6.39. The zero-order chi connectivity index (χ0) is 37.9. The van der Waals surface area contributed by atoms with Crippen molar-refractivity contribution in [3.63, 3.8) is 0 Å². The SMILES string of the molecule is COCCN1C[C@]2(CCN([C@@H]3CCc4cc(-c5cccc(-c6cccc(Nc7nccc8c7c(=O)n(C)c(=O)n8C)c6Cl)c5Cl)nc(OC)c43)C2)NC1=O. The van der Waals surface area contributed by atoms with E-state index in [9.17, 15) is 14.4 Å². The van der Waals surface area contributed by atoms with Crippen molar-refractivity contribution in [1.82, 2.24) is 34.2 Å². The topological polar surface area (TPSA) is 136 Å². The fraction of sp³-hybridized carbons (Fsp3) is 0.359. The van der Waals surface area contributed by atoms with Gasteiger partial charge in [0.15, 0.2) is 0 Å². The number of halogens is 2. The van der Waals surface area contributed by atoms with Crippen LogP contribution in [-0.2, 0) is 25.3 Å². The molecule has 3 aliphatic rings. The number of rotatable bonds is 9. The van der Waals surface area contributed by atoms with Gasteiger partial charge in [-0.2, -0.15) is 0 Å². The maximum Gasteiger partial charge on any atom is 0.330 e. The highest BCUT2D eigenvalue weighted by atomic mass is 35.5. The molecule has 15 heteroatoms. The van der Waals surface area contributed by atoms with Gasteiger partial charge in [0.25, 0.3) is 5.56 Å². The van der Waals surface area contributed by atoms with Crippen LogP contribution in [0.4, 0.5) is 16.3 Å². The third-order valence-electron chi connectivity index (χ3n) is 11.1. The van der Waals surface area contributed by atoms with Gasteiger partial charge in [-0.15, -0.1) is 0 Å². The summed E-state index contributed by atoms with van der Waals surface area (Å²) in [6.45, 7) is 3.37. The van der Waals surface area contributed by atoms with Crippen LogP contribution in [0.15, 0.2) is 64.3 Å². The standard InChI is InChI=1S/C39H40Cl2N8O5/c1-46-28-13-15-42-34(31(28)36(50)47(2)38(46)52)43-26-10-6-8-24(33(26)41)23-7-5-9-25(32(23)40)27-19-22-11-12-29(30(22)35(44-27)54-4)48-16-14-39(20-48)21-49(17-18-53-3)37(51)45-39/h5-10,13,15,19,29H,11-12,14,16-18,20-21H2,1-4H3,(H,42,43)(H,45,51)/t29-,39-/m1/s1. The number of aryl methyl sites for hydroxylation is 2. The van der Waals surface area contributed by atoms with Crippen molar-refractivity contribution in [2.75, 3.05) is 52.3 Å². The molecule has 2 atom stereocenters. The van der Waals surface area contributed by atoms with E-state index in [1.807, 2.05) is 35.2 Å². The predicted octanol–water partition coefficient (Wildman–Crippen LogP) is 5.52. The van der Waals surface area contributed by atoms with Gasteiger partial charge in [0, 0.05) is 81.9 Å². The normalized spacial score (nSPS) is 19.6. The molecule has 0 bridgehead atoms. The Bertz CT molecular complexity index is 2450. The summed E-state index contributed by atoms with van der Waals surface area (Å²) >= 11 is 14.3. The summed E-state index contributed by atoms with van der Waals surface area (Å²) in [4.78, 5) is 52.2. The molecule has 13 nitrogen and oxygen atoms in total. The van der Waals surface area contributed by atoms with Crippen LogP contribution in [0.1, 0.15) is 30.0 Å². The minimum Gasteiger partial charge on any atom is -0.481 e. The van der Waals surface area contributed by atoms with E-state index in [4.69, 9.17) is 37.7 Å². The number of nitrogens with zero attached hydrogens (tertiary/aromatic N) is 6. The summed E-state index contributed by atoms with van der Waals surface area (Å²) in [5, 5.41) is 7.62. The maximum absolute atomic E-state index is 13.2. The fourth-order valence-corrected chi connectivity index (χ4v) is 8.93. The first kappa shape index (κ1) is 36.0. The molecule has 1 spiro atoms. The van der Waals surface area contributed by atoms with Crippen molar-refractivity contribution in [1.29, 1.82) is 0 Å². The molecule has 8 rings (SSSR count). The average molecular weight is 772 g/mol. The van der Waals surface area contributed by atoms with Crippen LogP contribution in [0.5, 0.6) is 5.88 Å². The quantitative estimate of drug-likeness (QED) is 0.199. The molecule has 2 fully saturated rings. The minimum absolute atomic E-state index is 0.0315. The third-order valence-corrected chi connectivity index (χ3v) is 11.9. The van der Waals surface area contributed by atoms with Crippen LogP contribution >= 0.6 is 23.2 Å². The van der Waals surface area contributed by atoms with Crippen LogP contribution in [0, 0.1) is 0 Å². The molecule has 0 radical (unpaired) electrons. The molecule has 2 amide bonds. The first-order valence-electron chi connectivity index (χ1n) is 17.8. The number of ether oxygens (including phenoxy) is 2. The Morgan fingerprint density at radius 3 is 2.52 bits per heavy atom. The first-order chi connectivity index (χ1) is 26.0. The van der Waals surface area contributed by atoms with E-state index >= 15 is 0 Å². The monoisotopic (exact) mass is 770 g/mol. The van der Waals surface area contributed by atoms with Gasteiger partial charge in [0.2, 0.25) is 5.88 Å². The lowest BCUT2D eigenvalue weighted by molar-refractivity contribution is 0.158. The number of hydrogen-bond acceptors (Lipinski definition) is 9. The summed E-state index contributed by atoms with van der Waals surface area (Å²) in [7, 11) is 6.34. The van der Waals surface area contributed by atoms with Crippen molar-refractivity contribution in [3.05, 3.63) is 96.7 Å². The lowest BCUT2D eigenvalue weighted by Gasteiger charge is -2.28. The van der Waals surface area contributed by atoms with Crippen molar-refractivity contribution in [2.24, 2.45) is 14.1 Å². The van der Waals surface area contributed by atoms with Crippen molar-refractivity contribution >= 4 is 51.6 Å². The second kappa shape index (κ2) is 14.0. The Morgan fingerprint density at radius 1 is 0.981 bits per heavy atom. The molecule has 54 heavy (non-hydrogen) atoms. The second-order valence-electron chi connectivity index (χ2n) is 14.2. The number of benzene rings is 2. The van der Waals surface area contributed by atoms with Crippen LogP contribution in [0.25, 0.3) is 33.3 Å². The van der Waals surface area contributed by atoms with Gasteiger partial charge in [-0.05, 0) is 43.0 Å². The Kier molecular flexibility index (Phi) is 9.37. The van der Waals surface area contributed by atoms with Crippen molar-refractivity contribution in [2.45, 2.75) is 30.8 Å². The predicted molar refractivity (Wildman–Crippen MR) is 209 cm³/mol. The number of nitrogens with one attached hydrogen (secondary N) is 2. The average Bonchev–Trinajstić information content (AvgIpc) is 3.88. The number of likely N-dealkylation sites (tertiary alicyclic amines) is 1. The van der Waals surface area contributed by atoms with E-state index in [-0.39, 0.29) is 28.8 Å². The number of methoxy groups -OCH3 is 2. The maximum atomic E-state index is 13.2. The molecule has 2 N–H and O–H groups in total. The van der Waals surface area contributed by atoms with Crippen LogP contribution in [0.2, 0.25) is 10.0 Å². The van der Waals surface area contributed by atoms with Gasteiger partial charge in [0.1, 0.15) is 11.2 Å². The van der Waals surface area contributed by atoms with Crippen LogP contribution in [-0.4, -0.2) is 87.5 Å². The van der Waals surface area contributed by atoms with Crippen molar-refractivity contribution in [3.8, 4) is 28.3 Å². The molecule has 2 aliphatic heterocycles. The van der Waals surface area contributed by atoms with Gasteiger partial charge >= 0.3 is 11.7 Å². The smallest absolute Gasteiger partial charge is 0.330 e. The number of aromatic nitrogens is 4. The molecule has 2 aromatic carbocycles. The summed E-state index contributed by atoms with van der Waals surface area (Å²) < 4.78 is 13.6. The molecule has 0 saturated carbocycles. The number of fused-ring (bicyclic) bond motifs is 2. The van der Waals surface area contributed by atoms with E-state index in [1.54, 1.807) is 33.4 Å². The number of carbonyl (C=O) groups is 1. The molecular formula is C39H40Cl2N8O5. The molecular weight excluding hydrogens is 731 g/mol. The number of carbonyl (C=O) groups excluding carboxylic acids is 1. The van der Waals surface area contributed by atoms with Gasteiger partial charge in [-0.25, -0.2) is 19.6 Å². The Labute approximate surface area is 321 Å². The van der Waals surface area contributed by atoms with Crippen LogP contribution in [0.3, 0.4) is 0 Å². The highest BCUT2D eigenvalue weighted by Gasteiger charge is 2.49. The van der Waals surface area contributed by atoms with Gasteiger partial charge < -0.3 is 25.0 Å². The van der Waals surface area contributed by atoms with E-state index in [1.165, 1.54) is 17.8 Å². The molecule has 2 saturated heterocycles. The van der Waals surface area contributed by atoms with Gasteiger partial charge in [0.05, 0.1) is 46.2 Å².